The Bertz CT molecular complexity index is 891. The van der Waals surface area contributed by atoms with Crippen LogP contribution < -0.4 is 4.72 Å². The molecule has 1 atom stereocenters. The van der Waals surface area contributed by atoms with Crippen molar-refractivity contribution in [3.63, 3.8) is 0 Å². The van der Waals surface area contributed by atoms with E-state index >= 15 is 0 Å². The van der Waals surface area contributed by atoms with Gasteiger partial charge in [-0.25, -0.2) is 13.1 Å². The molecule has 0 saturated carbocycles. The van der Waals surface area contributed by atoms with Gasteiger partial charge in [-0.2, -0.15) is 0 Å². The summed E-state index contributed by atoms with van der Waals surface area (Å²) < 4.78 is 27.6. The lowest BCUT2D eigenvalue weighted by Gasteiger charge is -2.27. The molecule has 0 aliphatic heterocycles. The number of hydrogen-bond acceptors (Lipinski definition) is 3. The summed E-state index contributed by atoms with van der Waals surface area (Å²) in [5, 5.41) is 0.521. The van der Waals surface area contributed by atoms with Crippen molar-refractivity contribution < 1.29 is 8.42 Å². The molecule has 0 aromatic heterocycles. The topological polar surface area (TPSA) is 49.4 Å². The first-order valence-electron chi connectivity index (χ1n) is 10.0. The summed E-state index contributed by atoms with van der Waals surface area (Å²) in [5.41, 5.74) is 3.74. The molecular formula is C22H29ClN2O2S. The maximum atomic E-state index is 12.5. The summed E-state index contributed by atoms with van der Waals surface area (Å²) in [7, 11) is -3.55. The van der Waals surface area contributed by atoms with Gasteiger partial charge in [0.1, 0.15) is 0 Å². The molecular weight excluding hydrogens is 392 g/mol. The monoisotopic (exact) mass is 420 g/mol. The third-order valence-corrected chi connectivity index (χ3v) is 6.98. The van der Waals surface area contributed by atoms with Crippen LogP contribution in [0, 0.1) is 0 Å². The van der Waals surface area contributed by atoms with E-state index < -0.39 is 10.0 Å². The maximum absolute atomic E-state index is 12.5. The molecule has 0 amide bonds. The van der Waals surface area contributed by atoms with Crippen molar-refractivity contribution >= 4 is 21.6 Å². The lowest BCUT2D eigenvalue weighted by Crippen LogP contribution is -2.37. The van der Waals surface area contributed by atoms with Crippen LogP contribution in [0.15, 0.2) is 47.4 Å². The molecule has 3 rings (SSSR count). The number of halogens is 1. The van der Waals surface area contributed by atoms with Crippen LogP contribution >= 0.6 is 11.6 Å². The first kappa shape index (κ1) is 21.3. The fourth-order valence-corrected chi connectivity index (χ4v) is 5.09. The molecule has 0 radical (unpaired) electrons. The SMILES string of the molecule is CCCN(CCC)C1Cc2ccc(CNS(=O)(=O)c3ccc(Cl)cc3)cc2C1. The Balaban J connectivity index is 1.66. The average molecular weight is 421 g/mol. The number of nitrogens with zero attached hydrogens (tertiary/aromatic N) is 1. The molecule has 6 heteroatoms. The summed E-state index contributed by atoms with van der Waals surface area (Å²) in [6.07, 6.45) is 4.48. The second-order valence-electron chi connectivity index (χ2n) is 7.48. The third kappa shape index (κ3) is 5.15. The number of sulfonamides is 1. The fourth-order valence-electron chi connectivity index (χ4n) is 3.94. The van der Waals surface area contributed by atoms with Gasteiger partial charge in [0, 0.05) is 17.6 Å². The van der Waals surface area contributed by atoms with Crippen molar-refractivity contribution in [2.24, 2.45) is 0 Å². The minimum Gasteiger partial charge on any atom is -0.300 e. The third-order valence-electron chi connectivity index (χ3n) is 5.31. The molecule has 0 fully saturated rings. The van der Waals surface area contributed by atoms with Crippen LogP contribution in [-0.2, 0) is 29.4 Å². The Labute approximate surface area is 174 Å². The molecule has 2 aromatic rings. The highest BCUT2D eigenvalue weighted by Gasteiger charge is 2.26. The average Bonchev–Trinajstić information content (AvgIpc) is 3.10. The van der Waals surface area contributed by atoms with E-state index in [4.69, 9.17) is 11.6 Å². The van der Waals surface area contributed by atoms with Crippen molar-refractivity contribution in [1.82, 2.24) is 9.62 Å². The first-order chi connectivity index (χ1) is 13.4. The van der Waals surface area contributed by atoms with Crippen LogP contribution in [0.2, 0.25) is 5.02 Å². The zero-order chi connectivity index (χ0) is 20.1. The molecule has 0 bridgehead atoms. The van der Waals surface area contributed by atoms with Crippen LogP contribution in [0.25, 0.3) is 0 Å². The summed E-state index contributed by atoms with van der Waals surface area (Å²) in [6, 6.07) is 13.1. The molecule has 1 N–H and O–H groups in total. The predicted molar refractivity (Wildman–Crippen MR) is 115 cm³/mol. The van der Waals surface area contributed by atoms with Gasteiger partial charge >= 0.3 is 0 Å². The van der Waals surface area contributed by atoms with Gasteiger partial charge in [0.2, 0.25) is 10.0 Å². The molecule has 1 aliphatic rings. The number of benzene rings is 2. The van der Waals surface area contributed by atoms with Crippen molar-refractivity contribution in [2.45, 2.75) is 57.0 Å². The molecule has 1 aliphatic carbocycles. The van der Waals surface area contributed by atoms with Crippen molar-refractivity contribution in [2.75, 3.05) is 13.1 Å². The van der Waals surface area contributed by atoms with Gasteiger partial charge in [-0.05, 0) is 79.7 Å². The maximum Gasteiger partial charge on any atom is 0.240 e. The fraction of sp³-hybridized carbons (Fsp3) is 0.455. The molecule has 0 saturated heterocycles. The van der Waals surface area contributed by atoms with E-state index in [0.29, 0.717) is 11.1 Å². The molecule has 0 spiro atoms. The van der Waals surface area contributed by atoms with Gasteiger partial charge in [-0.1, -0.05) is 43.6 Å². The van der Waals surface area contributed by atoms with Gasteiger partial charge in [-0.3, -0.25) is 4.90 Å². The van der Waals surface area contributed by atoms with Crippen LogP contribution in [0.5, 0.6) is 0 Å². The lowest BCUT2D eigenvalue weighted by molar-refractivity contribution is 0.202. The van der Waals surface area contributed by atoms with E-state index in [1.165, 1.54) is 36.1 Å². The Morgan fingerprint density at radius 2 is 1.64 bits per heavy atom. The number of nitrogens with one attached hydrogen (secondary N) is 1. The van der Waals surface area contributed by atoms with Crippen LogP contribution in [0.4, 0.5) is 0 Å². The summed E-state index contributed by atoms with van der Waals surface area (Å²) in [4.78, 5) is 2.83. The lowest BCUT2D eigenvalue weighted by atomic mass is 10.1. The highest BCUT2D eigenvalue weighted by atomic mass is 35.5. The standard InChI is InChI=1S/C22H29ClN2O2S/c1-3-11-25(12-4-2)21-14-18-6-5-17(13-19(18)15-21)16-24-28(26,27)22-9-7-20(23)8-10-22/h5-10,13,21,24H,3-4,11-12,14-16H2,1-2H3. The minimum absolute atomic E-state index is 0.230. The van der Waals surface area contributed by atoms with E-state index in [1.807, 2.05) is 6.07 Å². The smallest absolute Gasteiger partial charge is 0.240 e. The van der Waals surface area contributed by atoms with Crippen molar-refractivity contribution in [3.05, 3.63) is 64.2 Å². The van der Waals surface area contributed by atoms with Crippen molar-refractivity contribution in [1.29, 1.82) is 0 Å². The van der Waals surface area contributed by atoms with Crippen LogP contribution in [0.1, 0.15) is 43.4 Å². The van der Waals surface area contributed by atoms with Crippen LogP contribution in [0.3, 0.4) is 0 Å². The molecule has 152 valence electrons. The quantitative estimate of drug-likeness (QED) is 0.653. The normalized spacial score (nSPS) is 16.5. The van der Waals surface area contributed by atoms with E-state index in [-0.39, 0.29) is 11.4 Å². The first-order valence-corrected chi connectivity index (χ1v) is 11.9. The molecule has 0 heterocycles. The van der Waals surface area contributed by atoms with Gasteiger partial charge in [0.05, 0.1) is 4.90 Å². The van der Waals surface area contributed by atoms with Gasteiger partial charge < -0.3 is 0 Å². The number of hydrogen-bond donors (Lipinski definition) is 1. The summed E-state index contributed by atoms with van der Waals surface area (Å²) in [6.45, 7) is 7.03. The highest BCUT2D eigenvalue weighted by Crippen LogP contribution is 2.27. The largest absolute Gasteiger partial charge is 0.300 e. The van der Waals surface area contributed by atoms with E-state index in [9.17, 15) is 8.42 Å². The predicted octanol–water partition coefficient (Wildman–Crippen LogP) is 4.41. The number of rotatable bonds is 9. The summed E-state index contributed by atoms with van der Waals surface area (Å²) in [5.74, 6) is 0. The molecule has 28 heavy (non-hydrogen) atoms. The zero-order valence-corrected chi connectivity index (χ0v) is 18.2. The second-order valence-corrected chi connectivity index (χ2v) is 9.68. The van der Waals surface area contributed by atoms with E-state index in [0.717, 1.165) is 31.5 Å². The molecule has 1 unspecified atom stereocenters. The molecule has 2 aromatic carbocycles. The minimum atomic E-state index is -3.55. The van der Waals surface area contributed by atoms with E-state index in [1.54, 1.807) is 12.1 Å². The van der Waals surface area contributed by atoms with Gasteiger partial charge in [-0.15, -0.1) is 0 Å². The van der Waals surface area contributed by atoms with E-state index in [2.05, 4.69) is 35.6 Å². The zero-order valence-electron chi connectivity index (χ0n) is 16.6. The second kappa shape index (κ2) is 9.40. The van der Waals surface area contributed by atoms with Crippen molar-refractivity contribution in [3.8, 4) is 0 Å². The highest BCUT2D eigenvalue weighted by molar-refractivity contribution is 7.89. The Kier molecular flexibility index (Phi) is 7.15. The Morgan fingerprint density at radius 1 is 1.00 bits per heavy atom. The Hall–Kier alpha value is -1.40. The van der Waals surface area contributed by atoms with Gasteiger partial charge in [0.25, 0.3) is 0 Å². The summed E-state index contributed by atoms with van der Waals surface area (Å²) >= 11 is 5.84. The number of fused-ring (bicyclic) bond motifs is 1. The van der Waals surface area contributed by atoms with Crippen LogP contribution in [-0.4, -0.2) is 32.4 Å². The molecule has 4 nitrogen and oxygen atoms in total. The van der Waals surface area contributed by atoms with Gasteiger partial charge in [0.15, 0.2) is 0 Å². The Morgan fingerprint density at radius 3 is 2.29 bits per heavy atom.